The van der Waals surface area contributed by atoms with Gasteiger partial charge in [0, 0.05) is 57.9 Å². The van der Waals surface area contributed by atoms with Crippen molar-refractivity contribution in [2.24, 2.45) is 4.99 Å². The summed E-state index contributed by atoms with van der Waals surface area (Å²) < 4.78 is 31.4. The summed E-state index contributed by atoms with van der Waals surface area (Å²) in [5.74, 6) is 0.423. The topological polar surface area (TPSA) is 120 Å². The molecule has 3 rings (SSSR count). The lowest BCUT2D eigenvalue weighted by Gasteiger charge is -2.35. The minimum Gasteiger partial charge on any atom is -0.364 e. The number of benzene rings is 1. The Morgan fingerprint density at radius 3 is 2.56 bits per heavy atom. The largest absolute Gasteiger partial charge is 0.364 e. The fraction of sp³-hybridized carbons (Fsp3) is 0.450. The number of piperazine rings is 1. The smallest absolute Gasteiger partial charge is 0.251 e. The van der Waals surface area contributed by atoms with Crippen LogP contribution in [0.15, 0.2) is 46.1 Å². The van der Waals surface area contributed by atoms with E-state index in [4.69, 9.17) is 4.52 Å². The molecule has 0 atom stereocenters. The lowest BCUT2D eigenvalue weighted by molar-refractivity contribution is 0.0955. The Labute approximate surface area is 205 Å². The molecule has 1 aromatic carbocycles. The number of aromatic nitrogens is 1. The zero-order chi connectivity index (χ0) is 22.3. The molecule has 1 amide bonds. The lowest BCUT2D eigenvalue weighted by Crippen LogP contribution is -2.53. The number of hydrogen-bond donors (Lipinski definition) is 2. The van der Waals surface area contributed by atoms with Gasteiger partial charge in [-0.1, -0.05) is 17.3 Å². The van der Waals surface area contributed by atoms with Gasteiger partial charge in [-0.3, -0.25) is 9.79 Å². The summed E-state index contributed by atoms with van der Waals surface area (Å²) in [5, 5.41) is 9.78. The van der Waals surface area contributed by atoms with Crippen LogP contribution in [0.2, 0.25) is 0 Å². The molecule has 1 aromatic heterocycles. The van der Waals surface area contributed by atoms with Crippen LogP contribution in [0.3, 0.4) is 0 Å². The molecule has 2 N–H and O–H groups in total. The van der Waals surface area contributed by atoms with Gasteiger partial charge in [-0.05, 0) is 24.6 Å². The molecule has 1 aliphatic rings. The van der Waals surface area contributed by atoms with Crippen molar-refractivity contribution in [2.75, 3.05) is 39.8 Å². The van der Waals surface area contributed by atoms with Crippen LogP contribution in [0, 0.1) is 0 Å². The lowest BCUT2D eigenvalue weighted by atomic mass is 10.1. The molecule has 0 saturated carbocycles. The zero-order valence-corrected chi connectivity index (χ0v) is 21.3. The number of halogens is 1. The van der Waals surface area contributed by atoms with Crippen molar-refractivity contribution in [3.05, 3.63) is 53.4 Å². The number of sulfonamides is 1. The Bertz CT molecular complexity index is 1000. The second-order valence-corrected chi connectivity index (χ2v) is 9.06. The van der Waals surface area contributed by atoms with E-state index >= 15 is 0 Å². The van der Waals surface area contributed by atoms with E-state index in [0.717, 1.165) is 5.56 Å². The van der Waals surface area contributed by atoms with Gasteiger partial charge in [-0.2, -0.15) is 4.31 Å². The van der Waals surface area contributed by atoms with Crippen molar-refractivity contribution < 1.29 is 17.7 Å². The number of nitrogens with one attached hydrogen (secondary N) is 2. The van der Waals surface area contributed by atoms with Crippen molar-refractivity contribution in [1.29, 1.82) is 0 Å². The van der Waals surface area contributed by atoms with Gasteiger partial charge in [0.05, 0.1) is 5.69 Å². The average Bonchev–Trinajstić information content (AvgIpc) is 3.27. The van der Waals surface area contributed by atoms with Gasteiger partial charge in [-0.25, -0.2) is 8.42 Å². The maximum absolute atomic E-state index is 12.6. The second-order valence-electron chi connectivity index (χ2n) is 7.09. The molecule has 1 aliphatic heterocycles. The first-order valence-corrected chi connectivity index (χ1v) is 11.7. The maximum Gasteiger partial charge on any atom is 0.251 e. The third kappa shape index (κ3) is 6.90. The van der Waals surface area contributed by atoms with E-state index in [0.29, 0.717) is 56.5 Å². The third-order valence-corrected chi connectivity index (χ3v) is 6.75. The second kappa shape index (κ2) is 12.2. The highest BCUT2D eigenvalue weighted by atomic mass is 127. The van der Waals surface area contributed by atoms with Gasteiger partial charge in [0.1, 0.15) is 12.0 Å². The van der Waals surface area contributed by atoms with Crippen molar-refractivity contribution in [2.45, 2.75) is 19.2 Å². The first-order valence-electron chi connectivity index (χ1n) is 10.1. The molecule has 0 unspecified atom stereocenters. The SMILES string of the molecule is CCNC(=O)c1cccc(CNC(=NC)N2CCN(S(=O)(=O)Cc3ccon3)CC2)c1.I. The Hall–Kier alpha value is -2.19. The first-order chi connectivity index (χ1) is 14.9. The predicted molar refractivity (Wildman–Crippen MR) is 132 cm³/mol. The molecule has 0 bridgehead atoms. The molecule has 2 aromatic rings. The number of carbonyl (C=O) groups is 1. The summed E-state index contributed by atoms with van der Waals surface area (Å²) in [5.41, 5.74) is 1.97. The van der Waals surface area contributed by atoms with Gasteiger partial charge < -0.3 is 20.1 Å². The summed E-state index contributed by atoms with van der Waals surface area (Å²) in [6.07, 6.45) is 1.37. The van der Waals surface area contributed by atoms with E-state index in [9.17, 15) is 13.2 Å². The van der Waals surface area contributed by atoms with Gasteiger partial charge in [-0.15, -0.1) is 24.0 Å². The number of hydrogen-bond acceptors (Lipinski definition) is 6. The molecule has 1 fully saturated rings. The van der Waals surface area contributed by atoms with Crippen molar-refractivity contribution in [3.8, 4) is 0 Å². The summed E-state index contributed by atoms with van der Waals surface area (Å²) in [6, 6.07) is 8.97. The molecule has 32 heavy (non-hydrogen) atoms. The van der Waals surface area contributed by atoms with Gasteiger partial charge in [0.15, 0.2) is 5.96 Å². The highest BCUT2D eigenvalue weighted by Crippen LogP contribution is 2.13. The number of guanidine groups is 1. The van der Waals surface area contributed by atoms with E-state index in [1.807, 2.05) is 30.0 Å². The standard InChI is InChI=1S/C20H28N6O4S.HI/c1-3-22-19(27)17-6-4-5-16(13-17)14-23-20(21-2)25-8-10-26(11-9-25)31(28,29)15-18-7-12-30-24-18;/h4-7,12-13H,3,8-11,14-15H2,1-2H3,(H,21,23)(H,22,27);1H. The van der Waals surface area contributed by atoms with Crippen molar-refractivity contribution >= 4 is 45.9 Å². The Balaban J connectivity index is 0.00000363. The number of carbonyl (C=O) groups excluding carboxylic acids is 1. The minimum atomic E-state index is -3.45. The molecule has 0 aliphatic carbocycles. The monoisotopic (exact) mass is 576 g/mol. The van der Waals surface area contributed by atoms with Crippen molar-refractivity contribution in [1.82, 2.24) is 25.0 Å². The number of aliphatic imine (C=N–C) groups is 1. The van der Waals surface area contributed by atoms with E-state index < -0.39 is 10.0 Å². The number of rotatable bonds is 7. The average molecular weight is 576 g/mol. The van der Waals surface area contributed by atoms with Crippen LogP contribution in [0.25, 0.3) is 0 Å². The Kier molecular flexibility index (Phi) is 9.90. The van der Waals surface area contributed by atoms with Crippen LogP contribution >= 0.6 is 24.0 Å². The molecule has 0 radical (unpaired) electrons. The van der Waals surface area contributed by atoms with E-state index in [-0.39, 0.29) is 35.6 Å². The highest BCUT2D eigenvalue weighted by Gasteiger charge is 2.29. The van der Waals surface area contributed by atoms with Crippen molar-refractivity contribution in [3.63, 3.8) is 0 Å². The molecular weight excluding hydrogens is 547 g/mol. The predicted octanol–water partition coefficient (Wildman–Crippen LogP) is 1.27. The van der Waals surface area contributed by atoms with E-state index in [2.05, 4.69) is 20.8 Å². The Morgan fingerprint density at radius 2 is 1.94 bits per heavy atom. The number of amides is 1. The fourth-order valence-corrected chi connectivity index (χ4v) is 4.79. The molecule has 1 saturated heterocycles. The molecular formula is C20H29IN6O4S. The summed E-state index contributed by atoms with van der Waals surface area (Å²) >= 11 is 0. The van der Waals surface area contributed by atoms with Gasteiger partial charge in [0.25, 0.3) is 5.91 Å². The molecule has 2 heterocycles. The Morgan fingerprint density at radius 1 is 1.19 bits per heavy atom. The molecule has 10 nitrogen and oxygen atoms in total. The number of nitrogens with zero attached hydrogens (tertiary/aromatic N) is 4. The van der Waals surface area contributed by atoms with Crippen LogP contribution in [-0.2, 0) is 22.3 Å². The van der Waals surface area contributed by atoms with E-state index in [1.54, 1.807) is 19.2 Å². The van der Waals surface area contributed by atoms with Crippen LogP contribution in [0.1, 0.15) is 28.5 Å². The minimum absolute atomic E-state index is 0. The van der Waals surface area contributed by atoms with Crippen LogP contribution in [0.5, 0.6) is 0 Å². The van der Waals surface area contributed by atoms with E-state index in [1.165, 1.54) is 10.6 Å². The summed E-state index contributed by atoms with van der Waals surface area (Å²) in [6.45, 7) is 4.75. The normalized spacial score (nSPS) is 15.2. The molecule has 12 heteroatoms. The summed E-state index contributed by atoms with van der Waals surface area (Å²) in [7, 11) is -1.75. The summed E-state index contributed by atoms with van der Waals surface area (Å²) in [4.78, 5) is 18.4. The maximum atomic E-state index is 12.6. The van der Waals surface area contributed by atoms with Gasteiger partial charge >= 0.3 is 0 Å². The fourth-order valence-electron chi connectivity index (χ4n) is 3.37. The molecule has 176 valence electrons. The van der Waals surface area contributed by atoms with Crippen LogP contribution < -0.4 is 10.6 Å². The first kappa shape index (κ1) is 26.1. The molecule has 0 spiro atoms. The third-order valence-electron chi connectivity index (χ3n) is 4.94. The highest BCUT2D eigenvalue weighted by molar-refractivity contribution is 14.0. The van der Waals surface area contributed by atoms with Crippen LogP contribution in [-0.4, -0.2) is 74.4 Å². The van der Waals surface area contributed by atoms with Gasteiger partial charge in [0.2, 0.25) is 10.0 Å². The zero-order valence-electron chi connectivity index (χ0n) is 18.2. The van der Waals surface area contributed by atoms with Crippen LogP contribution in [0.4, 0.5) is 0 Å². The quantitative estimate of drug-likeness (QED) is 0.290.